The topological polar surface area (TPSA) is 88.8 Å². The van der Waals surface area contributed by atoms with E-state index in [1.54, 1.807) is 4.68 Å². The molecule has 124 valence electrons. The summed E-state index contributed by atoms with van der Waals surface area (Å²) in [6, 6.07) is 7.58. The fourth-order valence-corrected chi connectivity index (χ4v) is 3.21. The van der Waals surface area contributed by atoms with Gasteiger partial charge in [0.2, 0.25) is 5.88 Å². The maximum absolute atomic E-state index is 10.2. The molecule has 0 aliphatic carbocycles. The van der Waals surface area contributed by atoms with Crippen LogP contribution in [0.15, 0.2) is 24.3 Å². The molecule has 4 rings (SSSR count). The molecular formula is C16H17ClN6O. The molecule has 2 N–H and O–H groups in total. The third kappa shape index (κ3) is 2.81. The molecule has 0 spiro atoms. The van der Waals surface area contributed by atoms with Crippen molar-refractivity contribution in [1.82, 2.24) is 30.3 Å². The summed E-state index contributed by atoms with van der Waals surface area (Å²) in [7, 11) is 0. The number of aromatic nitrogens is 5. The Morgan fingerprint density at radius 3 is 2.79 bits per heavy atom. The van der Waals surface area contributed by atoms with E-state index in [9.17, 15) is 5.11 Å². The maximum atomic E-state index is 10.2. The molecule has 2 aromatic heterocycles. The van der Waals surface area contributed by atoms with Crippen LogP contribution < -0.4 is 5.32 Å². The van der Waals surface area contributed by atoms with Gasteiger partial charge in [-0.1, -0.05) is 35.0 Å². The molecule has 8 heteroatoms. The Morgan fingerprint density at radius 1 is 1.21 bits per heavy atom. The number of nitrogens with zero attached hydrogens (tertiary/aromatic N) is 5. The second kappa shape index (κ2) is 6.33. The predicted molar refractivity (Wildman–Crippen MR) is 90.2 cm³/mol. The van der Waals surface area contributed by atoms with E-state index in [-0.39, 0.29) is 11.8 Å². The molecule has 0 radical (unpaired) electrons. The number of aromatic hydroxyl groups is 1. The van der Waals surface area contributed by atoms with E-state index in [1.165, 1.54) is 0 Å². The highest BCUT2D eigenvalue weighted by Gasteiger charge is 2.22. The van der Waals surface area contributed by atoms with Gasteiger partial charge in [-0.2, -0.15) is 4.98 Å². The van der Waals surface area contributed by atoms with E-state index in [0.717, 1.165) is 31.5 Å². The van der Waals surface area contributed by atoms with Gasteiger partial charge in [0.15, 0.2) is 11.2 Å². The Bertz CT molecular complexity index is 874. The van der Waals surface area contributed by atoms with Gasteiger partial charge in [0.05, 0.1) is 6.54 Å². The van der Waals surface area contributed by atoms with Gasteiger partial charge in [-0.15, -0.1) is 5.10 Å². The fourth-order valence-electron chi connectivity index (χ4n) is 3.02. The average Bonchev–Trinajstić information content (AvgIpc) is 3.01. The Balaban J connectivity index is 1.74. The molecule has 7 nitrogen and oxygen atoms in total. The van der Waals surface area contributed by atoms with Crippen molar-refractivity contribution in [2.45, 2.75) is 25.3 Å². The first-order valence-corrected chi connectivity index (χ1v) is 8.34. The summed E-state index contributed by atoms with van der Waals surface area (Å²) in [6.07, 6.45) is 1.91. The van der Waals surface area contributed by atoms with Crippen molar-refractivity contribution in [3.8, 4) is 5.88 Å². The zero-order valence-corrected chi connectivity index (χ0v) is 13.7. The number of nitrogens with one attached hydrogen (secondary N) is 1. The first-order valence-electron chi connectivity index (χ1n) is 7.96. The number of benzene rings is 1. The van der Waals surface area contributed by atoms with Crippen molar-refractivity contribution >= 4 is 22.8 Å². The molecule has 0 saturated carbocycles. The number of rotatable bonds is 3. The molecule has 0 amide bonds. The first kappa shape index (κ1) is 15.3. The van der Waals surface area contributed by atoms with Crippen LogP contribution in [0.2, 0.25) is 5.02 Å². The van der Waals surface area contributed by atoms with E-state index >= 15 is 0 Å². The van der Waals surface area contributed by atoms with Crippen molar-refractivity contribution in [3.63, 3.8) is 0 Å². The van der Waals surface area contributed by atoms with Gasteiger partial charge in [-0.3, -0.25) is 0 Å². The minimum absolute atomic E-state index is 0.112. The number of hydrogen-bond donors (Lipinski definition) is 2. The smallest absolute Gasteiger partial charge is 0.245 e. The lowest BCUT2D eigenvalue weighted by Gasteiger charge is -2.21. The highest BCUT2D eigenvalue weighted by molar-refractivity contribution is 6.31. The van der Waals surface area contributed by atoms with Crippen molar-refractivity contribution in [3.05, 3.63) is 40.7 Å². The van der Waals surface area contributed by atoms with Crippen molar-refractivity contribution in [2.24, 2.45) is 0 Å². The highest BCUT2D eigenvalue weighted by atomic mass is 35.5. The normalized spacial score (nSPS) is 15.9. The summed E-state index contributed by atoms with van der Waals surface area (Å²) in [5.74, 6) is 0.786. The Labute approximate surface area is 143 Å². The molecule has 1 saturated heterocycles. The van der Waals surface area contributed by atoms with Crippen LogP contribution in [-0.4, -0.2) is 43.2 Å². The molecule has 3 heterocycles. The third-order valence-electron chi connectivity index (χ3n) is 4.34. The molecule has 1 aliphatic rings. The van der Waals surface area contributed by atoms with Crippen LogP contribution >= 0.6 is 11.6 Å². The van der Waals surface area contributed by atoms with Crippen molar-refractivity contribution in [1.29, 1.82) is 0 Å². The lowest BCUT2D eigenvalue weighted by molar-refractivity contribution is 0.424. The second-order valence-corrected chi connectivity index (χ2v) is 6.35. The molecule has 1 aliphatic heterocycles. The highest BCUT2D eigenvalue weighted by Crippen LogP contribution is 2.27. The predicted octanol–water partition coefficient (Wildman–Crippen LogP) is 2.10. The number of halogens is 1. The number of piperidine rings is 1. The Kier molecular flexibility index (Phi) is 4.03. The lowest BCUT2D eigenvalue weighted by Crippen LogP contribution is -2.27. The molecule has 1 fully saturated rings. The van der Waals surface area contributed by atoms with Crippen molar-refractivity contribution in [2.75, 3.05) is 13.1 Å². The van der Waals surface area contributed by atoms with Gasteiger partial charge >= 0.3 is 0 Å². The van der Waals surface area contributed by atoms with E-state index < -0.39 is 0 Å². The summed E-state index contributed by atoms with van der Waals surface area (Å²) < 4.78 is 1.66. The van der Waals surface area contributed by atoms with Crippen LogP contribution in [0.5, 0.6) is 5.88 Å². The molecule has 1 aromatic carbocycles. The van der Waals surface area contributed by atoms with Gasteiger partial charge in [0.25, 0.3) is 0 Å². The lowest BCUT2D eigenvalue weighted by atomic mass is 9.97. The Morgan fingerprint density at radius 2 is 2.00 bits per heavy atom. The largest absolute Gasteiger partial charge is 0.492 e. The molecule has 24 heavy (non-hydrogen) atoms. The van der Waals surface area contributed by atoms with Gasteiger partial charge < -0.3 is 10.4 Å². The van der Waals surface area contributed by atoms with Crippen LogP contribution in [0.1, 0.15) is 30.1 Å². The molecule has 3 aromatic rings. The van der Waals surface area contributed by atoms with Gasteiger partial charge in [-0.25, -0.2) is 9.67 Å². The number of hydrogen-bond acceptors (Lipinski definition) is 6. The summed E-state index contributed by atoms with van der Waals surface area (Å²) in [5.41, 5.74) is 1.78. The second-order valence-electron chi connectivity index (χ2n) is 5.94. The minimum atomic E-state index is -0.112. The van der Waals surface area contributed by atoms with Crippen LogP contribution in [-0.2, 0) is 6.54 Å². The van der Waals surface area contributed by atoms with E-state index in [0.29, 0.717) is 28.6 Å². The summed E-state index contributed by atoms with van der Waals surface area (Å²) in [6.45, 7) is 2.31. The third-order valence-corrected chi connectivity index (χ3v) is 4.71. The van der Waals surface area contributed by atoms with E-state index in [4.69, 9.17) is 11.6 Å². The minimum Gasteiger partial charge on any atom is -0.492 e. The quantitative estimate of drug-likeness (QED) is 0.756. The Hall–Kier alpha value is -2.25. The SMILES string of the molecule is Oc1nc(C2CCNCC2)nc2c1nnn2Cc1ccccc1Cl. The van der Waals surface area contributed by atoms with Crippen LogP contribution in [0.4, 0.5) is 0 Å². The van der Waals surface area contributed by atoms with Crippen LogP contribution in [0.25, 0.3) is 11.2 Å². The summed E-state index contributed by atoms with van der Waals surface area (Å²) >= 11 is 6.23. The molecule has 0 unspecified atom stereocenters. The van der Waals surface area contributed by atoms with E-state index in [1.807, 2.05) is 24.3 Å². The summed E-state index contributed by atoms with van der Waals surface area (Å²) in [5, 5.41) is 22.3. The van der Waals surface area contributed by atoms with Crippen molar-refractivity contribution < 1.29 is 5.11 Å². The molecular weight excluding hydrogens is 328 g/mol. The standard InChI is InChI=1S/C16H17ClN6O/c17-12-4-2-1-3-11(12)9-23-15-13(21-22-23)16(24)20-14(19-15)10-5-7-18-8-6-10/h1-4,10,18H,5-9H2,(H,19,20,24). The monoisotopic (exact) mass is 344 g/mol. The average molecular weight is 345 g/mol. The molecule has 0 bridgehead atoms. The van der Waals surface area contributed by atoms with Gasteiger partial charge in [0.1, 0.15) is 5.82 Å². The number of fused-ring (bicyclic) bond motifs is 1. The van der Waals surface area contributed by atoms with Gasteiger partial charge in [-0.05, 0) is 37.6 Å². The van der Waals surface area contributed by atoms with Crippen LogP contribution in [0, 0.1) is 0 Å². The molecule has 0 atom stereocenters. The maximum Gasteiger partial charge on any atom is 0.245 e. The summed E-state index contributed by atoms with van der Waals surface area (Å²) in [4.78, 5) is 8.88. The fraction of sp³-hybridized carbons (Fsp3) is 0.375. The zero-order chi connectivity index (χ0) is 16.5. The van der Waals surface area contributed by atoms with Crippen LogP contribution in [0.3, 0.4) is 0 Å². The zero-order valence-electron chi connectivity index (χ0n) is 13.0. The van der Waals surface area contributed by atoms with E-state index in [2.05, 4.69) is 25.6 Å². The van der Waals surface area contributed by atoms with Gasteiger partial charge in [0, 0.05) is 10.9 Å². The first-order chi connectivity index (χ1) is 11.7.